The molecule has 254 valence electrons. The maximum atomic E-state index is 13.5. The number of carbonyl (C=O) groups excluding carboxylic acids is 3. The molecule has 0 saturated heterocycles. The summed E-state index contributed by atoms with van der Waals surface area (Å²) in [5.41, 5.74) is 0. The van der Waals surface area contributed by atoms with Gasteiger partial charge in [-0.3, -0.25) is 14.4 Å². The van der Waals surface area contributed by atoms with E-state index in [0.29, 0.717) is 37.5 Å². The number of likely N-dealkylation sites (N-methyl/N-ethyl adjacent to an activating group) is 1. The summed E-state index contributed by atoms with van der Waals surface area (Å²) < 4.78 is 5.39. The molecule has 0 saturated carbocycles. The molecule has 2 N–H and O–H groups in total. The van der Waals surface area contributed by atoms with Crippen molar-refractivity contribution in [1.82, 2.24) is 15.5 Å². The maximum Gasteiger partial charge on any atom is 0.306 e. The number of thioether (sulfide) groups is 1. The Bertz CT molecular complexity index is 677. The molecule has 2 amide bonds. The molecule has 43 heavy (non-hydrogen) atoms. The highest BCUT2D eigenvalue weighted by molar-refractivity contribution is 7.99. The lowest BCUT2D eigenvalue weighted by molar-refractivity contribution is -0.143. The molecule has 0 radical (unpaired) electrons. The minimum atomic E-state index is -0.551. The summed E-state index contributed by atoms with van der Waals surface area (Å²) in [5.74, 6) is 1.10. The zero-order chi connectivity index (χ0) is 32.0. The van der Waals surface area contributed by atoms with E-state index in [1.54, 1.807) is 11.8 Å². The molecule has 2 atom stereocenters. The van der Waals surface area contributed by atoms with Gasteiger partial charge in [-0.1, -0.05) is 117 Å². The van der Waals surface area contributed by atoms with E-state index in [9.17, 15) is 14.4 Å². The van der Waals surface area contributed by atoms with Gasteiger partial charge >= 0.3 is 5.97 Å². The van der Waals surface area contributed by atoms with Crippen LogP contribution in [0.2, 0.25) is 0 Å². The zero-order valence-electron chi connectivity index (χ0n) is 28.8. The Morgan fingerprint density at radius 1 is 0.674 bits per heavy atom. The molecule has 7 nitrogen and oxygen atoms in total. The first kappa shape index (κ1) is 41.7. The number of carbonyl (C=O) groups is 3. The van der Waals surface area contributed by atoms with E-state index < -0.39 is 6.04 Å². The first-order valence-electron chi connectivity index (χ1n) is 17.8. The summed E-state index contributed by atoms with van der Waals surface area (Å²) in [4.78, 5) is 40.7. The van der Waals surface area contributed by atoms with Gasteiger partial charge in [0.15, 0.2) is 0 Å². The van der Waals surface area contributed by atoms with Crippen molar-refractivity contribution in [2.75, 3.05) is 45.3 Å². The molecule has 0 aliphatic carbocycles. The number of hydrogen-bond acceptors (Lipinski definition) is 6. The van der Waals surface area contributed by atoms with E-state index in [1.807, 2.05) is 19.0 Å². The van der Waals surface area contributed by atoms with Crippen LogP contribution in [0.4, 0.5) is 0 Å². The summed E-state index contributed by atoms with van der Waals surface area (Å²) in [5, 5.41) is 6.15. The topological polar surface area (TPSA) is 87.7 Å². The van der Waals surface area contributed by atoms with Crippen LogP contribution in [0.25, 0.3) is 0 Å². The number of nitrogens with zero attached hydrogens (tertiary/aromatic N) is 1. The van der Waals surface area contributed by atoms with Gasteiger partial charge in [0.1, 0.15) is 6.04 Å². The van der Waals surface area contributed by atoms with Crippen LogP contribution in [-0.4, -0.2) is 74.0 Å². The van der Waals surface area contributed by atoms with Gasteiger partial charge in [-0.2, -0.15) is 11.8 Å². The highest BCUT2D eigenvalue weighted by Gasteiger charge is 2.25. The molecule has 0 rings (SSSR count). The fraction of sp³-hybridized carbons (Fsp3) is 0.914. The van der Waals surface area contributed by atoms with Crippen molar-refractivity contribution in [2.45, 2.75) is 155 Å². The molecule has 0 heterocycles. The first-order chi connectivity index (χ1) is 20.8. The highest BCUT2D eigenvalue weighted by Crippen LogP contribution is 2.20. The average Bonchev–Trinajstić information content (AvgIpc) is 2.98. The Morgan fingerprint density at radius 3 is 1.79 bits per heavy atom. The van der Waals surface area contributed by atoms with Crippen molar-refractivity contribution >= 4 is 29.5 Å². The summed E-state index contributed by atoms with van der Waals surface area (Å²) in [7, 11) is 3.96. The van der Waals surface area contributed by atoms with E-state index in [0.717, 1.165) is 51.5 Å². The van der Waals surface area contributed by atoms with Gasteiger partial charge in [0.25, 0.3) is 0 Å². The lowest BCUT2D eigenvalue weighted by Gasteiger charge is -2.23. The number of rotatable bonds is 31. The van der Waals surface area contributed by atoms with Gasteiger partial charge in [0.2, 0.25) is 11.8 Å². The van der Waals surface area contributed by atoms with Crippen molar-refractivity contribution in [1.29, 1.82) is 0 Å². The zero-order valence-corrected chi connectivity index (χ0v) is 29.6. The minimum Gasteiger partial charge on any atom is -0.466 e. The van der Waals surface area contributed by atoms with Crippen molar-refractivity contribution < 1.29 is 19.1 Å². The van der Waals surface area contributed by atoms with Gasteiger partial charge in [0.05, 0.1) is 13.0 Å². The monoisotopic (exact) mass is 628 g/mol. The van der Waals surface area contributed by atoms with E-state index in [2.05, 4.69) is 31.4 Å². The number of ether oxygens (including phenoxy) is 1. The molecular weight excluding hydrogens is 558 g/mol. The molecule has 0 aromatic carbocycles. The fourth-order valence-electron chi connectivity index (χ4n) is 5.08. The van der Waals surface area contributed by atoms with Gasteiger partial charge < -0.3 is 20.3 Å². The summed E-state index contributed by atoms with van der Waals surface area (Å²) in [6.45, 7) is 8.45. The lowest BCUT2D eigenvalue weighted by Crippen LogP contribution is -2.49. The molecule has 0 fully saturated rings. The number of amides is 2. The van der Waals surface area contributed by atoms with Gasteiger partial charge in [-0.25, -0.2) is 0 Å². The molecule has 0 aromatic rings. The third-order valence-corrected chi connectivity index (χ3v) is 8.95. The third kappa shape index (κ3) is 26.8. The predicted octanol–water partition coefficient (Wildman–Crippen LogP) is 7.90. The normalized spacial score (nSPS) is 12.7. The highest BCUT2D eigenvalue weighted by atomic mass is 32.2. The Labute approximate surface area is 270 Å². The summed E-state index contributed by atoms with van der Waals surface area (Å²) >= 11 is 1.65. The van der Waals surface area contributed by atoms with E-state index >= 15 is 0 Å². The van der Waals surface area contributed by atoms with E-state index in [4.69, 9.17) is 4.74 Å². The minimum absolute atomic E-state index is 0.0288. The Balaban J connectivity index is 4.79. The molecule has 8 heteroatoms. The number of hydrogen-bond donors (Lipinski definition) is 2. The van der Waals surface area contributed by atoms with Gasteiger partial charge in [-0.15, -0.1) is 0 Å². The van der Waals surface area contributed by atoms with Crippen molar-refractivity contribution in [2.24, 2.45) is 5.92 Å². The number of nitrogens with one attached hydrogen (secondary N) is 2. The van der Waals surface area contributed by atoms with Gasteiger partial charge in [-0.05, 0) is 45.5 Å². The third-order valence-electron chi connectivity index (χ3n) is 7.94. The first-order valence-corrected chi connectivity index (χ1v) is 19.0. The smallest absolute Gasteiger partial charge is 0.306 e. The molecule has 0 aliphatic heterocycles. The van der Waals surface area contributed by atoms with Crippen LogP contribution in [0.3, 0.4) is 0 Å². The van der Waals surface area contributed by atoms with Crippen LogP contribution in [0.1, 0.15) is 149 Å². The maximum absolute atomic E-state index is 13.5. The average molecular weight is 628 g/mol. The SMILES string of the molecule is CCCCCCCCOC(=O)CCSCCC(NC(=O)C(CCCCCC)CCCCCCCC)C(=O)NCCN(C)C. The number of unbranched alkanes of at least 4 members (excludes halogenated alkanes) is 13. The van der Waals surface area contributed by atoms with Crippen molar-refractivity contribution in [3.8, 4) is 0 Å². The predicted molar refractivity (Wildman–Crippen MR) is 185 cm³/mol. The van der Waals surface area contributed by atoms with Crippen LogP contribution in [-0.2, 0) is 19.1 Å². The van der Waals surface area contributed by atoms with Crippen molar-refractivity contribution in [3.63, 3.8) is 0 Å². The summed E-state index contributed by atoms with van der Waals surface area (Å²) in [6.07, 6.45) is 21.6. The van der Waals surface area contributed by atoms with Crippen LogP contribution < -0.4 is 10.6 Å². The Hall–Kier alpha value is -1.28. The van der Waals surface area contributed by atoms with Crippen molar-refractivity contribution in [3.05, 3.63) is 0 Å². The molecule has 0 spiro atoms. The van der Waals surface area contributed by atoms with Crippen LogP contribution >= 0.6 is 11.8 Å². The molecule has 2 unspecified atom stereocenters. The summed E-state index contributed by atoms with van der Waals surface area (Å²) in [6, 6.07) is -0.551. The molecule has 0 bridgehead atoms. The fourth-order valence-corrected chi connectivity index (χ4v) is 6.00. The Kier molecular flexibility index (Phi) is 29.8. The lowest BCUT2D eigenvalue weighted by atomic mass is 9.93. The standard InChI is InChI=1S/C35H69N3O4S/c1-6-9-12-15-17-20-23-31(22-19-14-11-8-3)34(40)37-32(35(41)36-26-27-38(4)5)24-29-43-30-25-33(39)42-28-21-18-16-13-10-7-2/h31-32H,6-30H2,1-5H3,(H,36,41)(H,37,40). The number of esters is 1. The Morgan fingerprint density at radius 2 is 1.21 bits per heavy atom. The molecule has 0 aliphatic rings. The van der Waals surface area contributed by atoms with Crippen LogP contribution in [0.5, 0.6) is 0 Å². The molecule has 0 aromatic heterocycles. The van der Waals surface area contributed by atoms with E-state index in [1.165, 1.54) is 70.6 Å². The van der Waals surface area contributed by atoms with Crippen LogP contribution in [0.15, 0.2) is 0 Å². The second-order valence-corrected chi connectivity index (χ2v) is 13.6. The van der Waals surface area contributed by atoms with Gasteiger partial charge in [0, 0.05) is 24.8 Å². The second kappa shape index (κ2) is 30.7. The quantitative estimate of drug-likeness (QED) is 0.0600. The molecular formula is C35H69N3O4S. The van der Waals surface area contributed by atoms with E-state index in [-0.39, 0.29) is 23.7 Å². The second-order valence-electron chi connectivity index (χ2n) is 12.4. The largest absolute Gasteiger partial charge is 0.466 e. The van der Waals surface area contributed by atoms with Crippen LogP contribution in [0, 0.1) is 5.92 Å².